The molecule has 2 saturated heterocycles. The molecule has 3 atom stereocenters. The molecule has 27 heavy (non-hydrogen) atoms. The van der Waals surface area contributed by atoms with E-state index in [4.69, 9.17) is 4.74 Å². The molecule has 2 aliphatic heterocycles. The van der Waals surface area contributed by atoms with E-state index in [0.717, 1.165) is 38.0 Å². The molecular formula is C20H31N5O2. The third-order valence-corrected chi connectivity index (χ3v) is 5.31. The number of hydrogen-bond acceptors (Lipinski definition) is 4. The quantitative estimate of drug-likeness (QED) is 0.597. The minimum atomic E-state index is 0.0570. The van der Waals surface area contributed by atoms with Crippen molar-refractivity contribution in [3.05, 3.63) is 30.3 Å². The lowest BCUT2D eigenvalue weighted by atomic mass is 10.2. The SMILES string of the molecule is CN=C(NCC(C)N1CCOCC1C)NC1CC(=O)N(c2ccccc2)C1. The van der Waals surface area contributed by atoms with Crippen LogP contribution in [0.4, 0.5) is 5.69 Å². The number of rotatable bonds is 5. The van der Waals surface area contributed by atoms with Crippen molar-refractivity contribution in [1.82, 2.24) is 15.5 Å². The third-order valence-electron chi connectivity index (χ3n) is 5.31. The molecule has 1 aromatic rings. The van der Waals surface area contributed by atoms with Gasteiger partial charge in [-0.25, -0.2) is 0 Å². The summed E-state index contributed by atoms with van der Waals surface area (Å²) in [7, 11) is 1.77. The van der Waals surface area contributed by atoms with Crippen molar-refractivity contribution in [2.75, 3.05) is 44.8 Å². The Morgan fingerprint density at radius 2 is 2.15 bits per heavy atom. The Bertz CT molecular complexity index is 651. The van der Waals surface area contributed by atoms with Gasteiger partial charge < -0.3 is 20.3 Å². The van der Waals surface area contributed by atoms with E-state index in [1.807, 2.05) is 35.2 Å². The second-order valence-corrected chi connectivity index (χ2v) is 7.35. The summed E-state index contributed by atoms with van der Waals surface area (Å²) in [6, 6.07) is 10.7. The first kappa shape index (κ1) is 19.6. The highest BCUT2D eigenvalue weighted by Crippen LogP contribution is 2.21. The number of morpholine rings is 1. The van der Waals surface area contributed by atoms with Gasteiger partial charge in [0, 0.05) is 50.9 Å². The van der Waals surface area contributed by atoms with Crippen LogP contribution in [0.15, 0.2) is 35.3 Å². The number of amides is 1. The fourth-order valence-electron chi connectivity index (χ4n) is 3.81. The minimum Gasteiger partial charge on any atom is -0.379 e. The number of anilines is 1. The number of para-hydroxylation sites is 1. The van der Waals surface area contributed by atoms with E-state index in [-0.39, 0.29) is 11.9 Å². The molecular weight excluding hydrogens is 342 g/mol. The van der Waals surface area contributed by atoms with Crippen LogP contribution in [0.25, 0.3) is 0 Å². The predicted octanol–water partition coefficient (Wildman–Crippen LogP) is 1.07. The maximum Gasteiger partial charge on any atom is 0.229 e. The van der Waals surface area contributed by atoms with Crippen molar-refractivity contribution in [2.24, 2.45) is 4.99 Å². The molecule has 2 aliphatic rings. The predicted molar refractivity (Wildman–Crippen MR) is 108 cm³/mol. The molecule has 3 rings (SSSR count). The van der Waals surface area contributed by atoms with Gasteiger partial charge >= 0.3 is 0 Å². The smallest absolute Gasteiger partial charge is 0.229 e. The summed E-state index contributed by atoms with van der Waals surface area (Å²) in [5.74, 6) is 0.889. The lowest BCUT2D eigenvalue weighted by Gasteiger charge is -2.38. The van der Waals surface area contributed by atoms with E-state index >= 15 is 0 Å². The van der Waals surface area contributed by atoms with E-state index in [1.165, 1.54) is 0 Å². The lowest BCUT2D eigenvalue weighted by Crippen LogP contribution is -2.53. The van der Waals surface area contributed by atoms with E-state index < -0.39 is 0 Å². The fourth-order valence-corrected chi connectivity index (χ4v) is 3.81. The number of guanidine groups is 1. The maximum atomic E-state index is 12.4. The molecule has 2 heterocycles. The first-order chi connectivity index (χ1) is 13.1. The van der Waals surface area contributed by atoms with Gasteiger partial charge in [-0.2, -0.15) is 0 Å². The number of carbonyl (C=O) groups excluding carboxylic acids is 1. The Hall–Kier alpha value is -2.12. The van der Waals surface area contributed by atoms with Gasteiger partial charge in [-0.1, -0.05) is 18.2 Å². The van der Waals surface area contributed by atoms with Crippen molar-refractivity contribution >= 4 is 17.6 Å². The van der Waals surface area contributed by atoms with Gasteiger partial charge in [0.05, 0.1) is 19.3 Å². The number of aliphatic imine (C=N–C) groups is 1. The molecule has 0 aromatic heterocycles. The van der Waals surface area contributed by atoms with Crippen molar-refractivity contribution in [2.45, 2.75) is 38.4 Å². The van der Waals surface area contributed by atoms with Crippen LogP contribution in [0.2, 0.25) is 0 Å². The summed E-state index contributed by atoms with van der Waals surface area (Å²) < 4.78 is 5.52. The zero-order valence-electron chi connectivity index (χ0n) is 16.5. The Morgan fingerprint density at radius 1 is 1.37 bits per heavy atom. The summed E-state index contributed by atoms with van der Waals surface area (Å²) in [6.07, 6.45) is 0.478. The van der Waals surface area contributed by atoms with Crippen LogP contribution < -0.4 is 15.5 Å². The highest BCUT2D eigenvalue weighted by molar-refractivity contribution is 5.97. The average molecular weight is 374 g/mol. The number of benzene rings is 1. The lowest BCUT2D eigenvalue weighted by molar-refractivity contribution is -0.117. The van der Waals surface area contributed by atoms with Crippen LogP contribution in [0.5, 0.6) is 0 Å². The molecule has 0 saturated carbocycles. The van der Waals surface area contributed by atoms with Crippen LogP contribution in [0.3, 0.4) is 0 Å². The van der Waals surface area contributed by atoms with Crippen LogP contribution in [-0.4, -0.2) is 74.8 Å². The molecule has 7 nitrogen and oxygen atoms in total. The molecule has 0 aliphatic carbocycles. The van der Waals surface area contributed by atoms with Gasteiger partial charge in [0.15, 0.2) is 5.96 Å². The molecule has 1 amide bonds. The zero-order valence-corrected chi connectivity index (χ0v) is 16.5. The molecule has 7 heteroatoms. The molecule has 148 valence electrons. The number of nitrogens with one attached hydrogen (secondary N) is 2. The molecule has 0 spiro atoms. The summed E-state index contributed by atoms with van der Waals surface area (Å²) in [4.78, 5) is 21.0. The van der Waals surface area contributed by atoms with E-state index in [2.05, 4.69) is 34.4 Å². The first-order valence-electron chi connectivity index (χ1n) is 9.74. The van der Waals surface area contributed by atoms with E-state index in [9.17, 15) is 4.79 Å². The van der Waals surface area contributed by atoms with Crippen LogP contribution in [0, 0.1) is 0 Å². The fraction of sp³-hybridized carbons (Fsp3) is 0.600. The van der Waals surface area contributed by atoms with Crippen LogP contribution in [-0.2, 0) is 9.53 Å². The van der Waals surface area contributed by atoms with Gasteiger partial charge in [-0.3, -0.25) is 14.7 Å². The van der Waals surface area contributed by atoms with Crippen molar-refractivity contribution in [3.8, 4) is 0 Å². The number of hydrogen-bond donors (Lipinski definition) is 2. The Balaban J connectivity index is 1.50. The second-order valence-electron chi connectivity index (χ2n) is 7.35. The standard InChI is InChI=1S/C20H31N5O2/c1-15(24-9-10-27-14-16(24)2)12-22-20(21-3)23-17-11-19(26)25(13-17)18-7-5-4-6-8-18/h4-8,15-17H,9-14H2,1-3H3,(H2,21,22,23). The van der Waals surface area contributed by atoms with E-state index in [1.54, 1.807) is 7.05 Å². The number of ether oxygens (including phenoxy) is 1. The monoisotopic (exact) mass is 373 g/mol. The van der Waals surface area contributed by atoms with Crippen LogP contribution >= 0.6 is 0 Å². The Morgan fingerprint density at radius 3 is 2.85 bits per heavy atom. The summed E-state index contributed by atoms with van der Waals surface area (Å²) >= 11 is 0. The Kier molecular flexibility index (Phi) is 6.68. The maximum absolute atomic E-state index is 12.4. The zero-order chi connectivity index (χ0) is 19.2. The van der Waals surface area contributed by atoms with Gasteiger partial charge in [0.25, 0.3) is 0 Å². The van der Waals surface area contributed by atoms with Crippen molar-refractivity contribution < 1.29 is 9.53 Å². The molecule has 3 unspecified atom stereocenters. The van der Waals surface area contributed by atoms with Crippen molar-refractivity contribution in [3.63, 3.8) is 0 Å². The number of carbonyl (C=O) groups is 1. The van der Waals surface area contributed by atoms with Gasteiger partial charge in [0.1, 0.15) is 0 Å². The summed E-state index contributed by atoms with van der Waals surface area (Å²) in [6.45, 7) is 8.41. The topological polar surface area (TPSA) is 69.2 Å². The average Bonchev–Trinajstić information content (AvgIpc) is 3.06. The number of nitrogens with zero attached hydrogens (tertiary/aromatic N) is 3. The third kappa shape index (κ3) is 4.99. The molecule has 1 aromatic carbocycles. The Labute approximate surface area is 161 Å². The van der Waals surface area contributed by atoms with Gasteiger partial charge in [-0.15, -0.1) is 0 Å². The second kappa shape index (κ2) is 9.19. The molecule has 0 radical (unpaired) electrons. The largest absolute Gasteiger partial charge is 0.379 e. The van der Waals surface area contributed by atoms with Crippen LogP contribution in [0.1, 0.15) is 20.3 Å². The normalized spacial score (nSPS) is 25.5. The molecule has 0 bridgehead atoms. The minimum absolute atomic E-state index is 0.0570. The highest BCUT2D eigenvalue weighted by Gasteiger charge is 2.31. The molecule has 2 N–H and O–H groups in total. The van der Waals surface area contributed by atoms with Gasteiger partial charge in [-0.05, 0) is 26.0 Å². The van der Waals surface area contributed by atoms with E-state index in [0.29, 0.717) is 25.0 Å². The molecule has 2 fully saturated rings. The summed E-state index contributed by atoms with van der Waals surface area (Å²) in [5.41, 5.74) is 0.949. The van der Waals surface area contributed by atoms with Crippen molar-refractivity contribution in [1.29, 1.82) is 0 Å². The summed E-state index contributed by atoms with van der Waals surface area (Å²) in [5, 5.41) is 6.81. The highest BCUT2D eigenvalue weighted by atomic mass is 16.5. The first-order valence-corrected chi connectivity index (χ1v) is 9.74. The van der Waals surface area contributed by atoms with Gasteiger partial charge in [0.2, 0.25) is 5.91 Å².